The highest BCUT2D eigenvalue weighted by molar-refractivity contribution is 6.08. The number of hydrogen-bond acceptors (Lipinski definition) is 5. The number of ether oxygens (including phenoxy) is 1. The Morgan fingerprint density at radius 1 is 1.07 bits per heavy atom. The number of aryl methyl sites for hydroxylation is 1. The summed E-state index contributed by atoms with van der Waals surface area (Å²) >= 11 is 0. The lowest BCUT2D eigenvalue weighted by molar-refractivity contribution is -0.157. The second-order valence-electron chi connectivity index (χ2n) is 8.00. The van der Waals surface area contributed by atoms with Crippen LogP contribution in [0.5, 0.6) is 0 Å². The smallest absolute Gasteiger partial charge is 0.329 e. The summed E-state index contributed by atoms with van der Waals surface area (Å²) < 4.78 is 5.12. The number of ketones is 1. The Hall–Kier alpha value is -2.50. The van der Waals surface area contributed by atoms with Crippen molar-refractivity contribution in [2.24, 2.45) is 23.7 Å². The highest BCUT2D eigenvalue weighted by Crippen LogP contribution is 2.56. The minimum atomic E-state index is -0.999. The van der Waals surface area contributed by atoms with Gasteiger partial charge < -0.3 is 4.74 Å². The maximum absolute atomic E-state index is 12.8. The van der Waals surface area contributed by atoms with E-state index in [4.69, 9.17) is 4.74 Å². The van der Waals surface area contributed by atoms with Crippen LogP contribution in [0.3, 0.4) is 0 Å². The first-order valence-corrected chi connectivity index (χ1v) is 9.52. The van der Waals surface area contributed by atoms with Crippen LogP contribution in [0.25, 0.3) is 0 Å². The number of fused-ring (bicyclic) bond motifs is 5. The van der Waals surface area contributed by atoms with Gasteiger partial charge in [-0.25, -0.2) is 4.79 Å². The summed E-state index contributed by atoms with van der Waals surface area (Å²) in [5, 5.41) is 0. The zero-order valence-corrected chi connectivity index (χ0v) is 15.5. The van der Waals surface area contributed by atoms with Gasteiger partial charge in [0.2, 0.25) is 11.8 Å². The number of imide groups is 1. The molecule has 1 heterocycles. The molecule has 2 bridgehead atoms. The fraction of sp³-hybridized carbons (Fsp3) is 0.524. The lowest BCUT2D eigenvalue weighted by Gasteiger charge is -2.22. The molecule has 3 fully saturated rings. The topological polar surface area (TPSA) is 80.8 Å². The van der Waals surface area contributed by atoms with Crippen LogP contribution >= 0.6 is 0 Å². The molecule has 0 N–H and O–H groups in total. The van der Waals surface area contributed by atoms with Gasteiger partial charge >= 0.3 is 5.97 Å². The number of amides is 2. The van der Waals surface area contributed by atoms with E-state index in [9.17, 15) is 19.2 Å². The average Bonchev–Trinajstić information content (AvgIpc) is 3.33. The predicted octanol–water partition coefficient (Wildman–Crippen LogP) is 2.14. The summed E-state index contributed by atoms with van der Waals surface area (Å²) in [5.41, 5.74) is 1.49. The van der Waals surface area contributed by atoms with E-state index < -0.39 is 18.6 Å². The zero-order chi connectivity index (χ0) is 19.3. The van der Waals surface area contributed by atoms with Gasteiger partial charge in [0.25, 0.3) is 0 Å². The number of benzene rings is 1. The quantitative estimate of drug-likeness (QED) is 0.451. The molecule has 0 spiro atoms. The molecule has 3 aliphatic rings. The third kappa shape index (κ3) is 2.87. The minimum Gasteiger partial charge on any atom is -0.456 e. The minimum absolute atomic E-state index is 0.244. The van der Waals surface area contributed by atoms with Gasteiger partial charge in [-0.3, -0.25) is 19.3 Å². The molecule has 2 saturated carbocycles. The number of nitrogens with zero attached hydrogens (tertiary/aromatic N) is 1. The first-order valence-electron chi connectivity index (χ1n) is 9.52. The van der Waals surface area contributed by atoms with E-state index in [0.29, 0.717) is 5.56 Å². The van der Waals surface area contributed by atoms with Gasteiger partial charge in [0, 0.05) is 5.56 Å². The maximum atomic E-state index is 12.8. The van der Waals surface area contributed by atoms with Crippen molar-refractivity contribution in [1.29, 1.82) is 0 Å². The molecule has 2 amide bonds. The van der Waals surface area contributed by atoms with Gasteiger partial charge in [-0.1, -0.05) is 29.8 Å². The zero-order valence-electron chi connectivity index (χ0n) is 15.5. The molecular formula is C21H23NO5. The second kappa shape index (κ2) is 6.59. The Morgan fingerprint density at radius 2 is 1.63 bits per heavy atom. The molecule has 1 aromatic rings. The van der Waals surface area contributed by atoms with E-state index in [0.717, 1.165) is 29.7 Å². The third-order valence-electron chi connectivity index (χ3n) is 6.41. The van der Waals surface area contributed by atoms with Gasteiger partial charge in [0.1, 0.15) is 6.04 Å². The van der Waals surface area contributed by atoms with Crippen molar-refractivity contribution in [3.05, 3.63) is 35.4 Å². The highest BCUT2D eigenvalue weighted by Gasteiger charge is 2.62. The summed E-state index contributed by atoms with van der Waals surface area (Å²) in [7, 11) is 0. The predicted molar refractivity (Wildman–Crippen MR) is 95.6 cm³/mol. The van der Waals surface area contributed by atoms with Crippen LogP contribution in [-0.4, -0.2) is 41.1 Å². The van der Waals surface area contributed by atoms with Crippen LogP contribution in [0.1, 0.15) is 42.1 Å². The van der Waals surface area contributed by atoms with Gasteiger partial charge in [0.05, 0.1) is 11.8 Å². The number of likely N-dealkylation sites (tertiary alicyclic amines) is 1. The molecule has 0 radical (unpaired) electrons. The van der Waals surface area contributed by atoms with Crippen molar-refractivity contribution >= 4 is 23.6 Å². The highest BCUT2D eigenvalue weighted by atomic mass is 16.5. The first kappa shape index (κ1) is 17.9. The van der Waals surface area contributed by atoms with Gasteiger partial charge in [0.15, 0.2) is 12.4 Å². The van der Waals surface area contributed by atoms with Gasteiger partial charge in [-0.15, -0.1) is 0 Å². The van der Waals surface area contributed by atoms with Crippen molar-refractivity contribution in [2.75, 3.05) is 6.61 Å². The normalized spacial score (nSPS) is 29.8. The molecule has 0 unspecified atom stereocenters. The Bertz CT molecular complexity index is 786. The number of rotatable bonds is 5. The van der Waals surface area contributed by atoms with Gasteiger partial charge in [-0.2, -0.15) is 0 Å². The van der Waals surface area contributed by atoms with Crippen LogP contribution < -0.4 is 0 Å². The van der Waals surface area contributed by atoms with Gasteiger partial charge in [-0.05, 0) is 44.9 Å². The van der Waals surface area contributed by atoms with E-state index in [1.165, 1.54) is 6.92 Å². The first-order chi connectivity index (χ1) is 12.9. The van der Waals surface area contributed by atoms with Crippen molar-refractivity contribution in [1.82, 2.24) is 4.90 Å². The van der Waals surface area contributed by atoms with Crippen LogP contribution in [-0.2, 0) is 19.1 Å². The average molecular weight is 369 g/mol. The standard InChI is InChI=1S/C21H23NO5/c1-11-3-5-13(6-4-11)16(23)10-27-21(26)12(2)22-19(24)17-14-7-8-15(9-14)18(17)20(22)25/h3-6,12,14-15,17-18H,7-10H2,1-2H3/t12-,14-,15+,17-,18-/m0/s1. The molecule has 2 aliphatic carbocycles. The van der Waals surface area contributed by atoms with Crippen molar-refractivity contribution in [3.8, 4) is 0 Å². The summed E-state index contributed by atoms with van der Waals surface area (Å²) in [4.78, 5) is 51.1. The van der Waals surface area contributed by atoms with Crippen molar-refractivity contribution in [3.63, 3.8) is 0 Å². The van der Waals surface area contributed by atoms with E-state index in [1.807, 2.05) is 19.1 Å². The summed E-state index contributed by atoms with van der Waals surface area (Å²) in [5.74, 6) is -1.51. The number of hydrogen-bond donors (Lipinski definition) is 0. The summed E-state index contributed by atoms with van der Waals surface area (Å²) in [6.07, 6.45) is 2.93. The molecular weight excluding hydrogens is 346 g/mol. The molecule has 1 saturated heterocycles. The van der Waals surface area contributed by atoms with Crippen molar-refractivity contribution < 1.29 is 23.9 Å². The largest absolute Gasteiger partial charge is 0.456 e. The molecule has 6 nitrogen and oxygen atoms in total. The molecule has 4 rings (SSSR count). The van der Waals surface area contributed by atoms with E-state index in [1.54, 1.807) is 12.1 Å². The molecule has 1 aliphatic heterocycles. The number of carbonyl (C=O) groups excluding carboxylic acids is 4. The van der Waals surface area contributed by atoms with Crippen LogP contribution in [0.2, 0.25) is 0 Å². The number of Topliss-reactive ketones (excluding diaryl/α,β-unsaturated/α-hetero) is 1. The fourth-order valence-electron chi connectivity index (χ4n) is 5.00. The van der Waals surface area contributed by atoms with E-state index in [2.05, 4.69) is 0 Å². The monoisotopic (exact) mass is 369 g/mol. The fourth-order valence-corrected chi connectivity index (χ4v) is 5.00. The number of carbonyl (C=O) groups is 4. The molecule has 6 heteroatoms. The van der Waals surface area contributed by atoms with Crippen molar-refractivity contribution in [2.45, 2.75) is 39.2 Å². The molecule has 142 valence electrons. The third-order valence-corrected chi connectivity index (χ3v) is 6.41. The van der Waals surface area contributed by atoms with Crippen LogP contribution in [0, 0.1) is 30.6 Å². The summed E-state index contributed by atoms with van der Waals surface area (Å²) in [6.45, 7) is 3.01. The number of esters is 1. The van der Waals surface area contributed by atoms with Crippen LogP contribution in [0.15, 0.2) is 24.3 Å². The lowest BCUT2D eigenvalue weighted by Crippen LogP contribution is -2.45. The Kier molecular flexibility index (Phi) is 4.36. The van der Waals surface area contributed by atoms with E-state index in [-0.39, 0.29) is 41.3 Å². The molecule has 0 aromatic heterocycles. The molecule has 27 heavy (non-hydrogen) atoms. The Morgan fingerprint density at radius 3 is 2.19 bits per heavy atom. The second-order valence-corrected chi connectivity index (χ2v) is 8.00. The molecule has 5 atom stereocenters. The molecule has 1 aromatic carbocycles. The lowest BCUT2D eigenvalue weighted by atomic mass is 9.81. The van der Waals surface area contributed by atoms with E-state index >= 15 is 0 Å². The Labute approximate surface area is 157 Å². The Balaban J connectivity index is 1.39. The maximum Gasteiger partial charge on any atom is 0.329 e. The van der Waals surface area contributed by atoms with Crippen LogP contribution in [0.4, 0.5) is 0 Å². The summed E-state index contributed by atoms with van der Waals surface area (Å²) in [6, 6.07) is 5.98. The SMILES string of the molecule is Cc1ccc(C(=O)COC(=O)[C@H](C)N2C(=O)[C@H]3[C@@H]4CC[C@@H](C4)[C@@H]3C2=O)cc1.